The molecule has 0 bridgehead atoms. The van der Waals surface area contributed by atoms with E-state index < -0.39 is 0 Å². The summed E-state index contributed by atoms with van der Waals surface area (Å²) in [6, 6.07) is 10.4. The van der Waals surface area contributed by atoms with E-state index in [0.717, 1.165) is 57.0 Å². The third-order valence-electron chi connectivity index (χ3n) is 5.55. The monoisotopic (exact) mass is 381 g/mol. The fraction of sp³-hybridized carbons (Fsp3) is 0.455. The lowest BCUT2D eigenvalue weighted by molar-refractivity contribution is -0.137. The molecule has 1 aliphatic heterocycles. The van der Waals surface area contributed by atoms with Gasteiger partial charge in [-0.1, -0.05) is 42.5 Å². The molecular weight excluding hydrogens is 354 g/mol. The zero-order chi connectivity index (χ0) is 18.6. The second-order valence-electron chi connectivity index (χ2n) is 7.48. The number of fused-ring (bicyclic) bond motifs is 1. The smallest absolute Gasteiger partial charge is 0.226 e. The Morgan fingerprint density at radius 2 is 2.00 bits per heavy atom. The first kappa shape index (κ1) is 18.4. The van der Waals surface area contributed by atoms with Crippen molar-refractivity contribution in [3.8, 4) is 0 Å². The van der Waals surface area contributed by atoms with Gasteiger partial charge in [0.25, 0.3) is 0 Å². The highest BCUT2D eigenvalue weighted by atomic mass is 32.1. The Balaban J connectivity index is 1.25. The number of amides is 1. The van der Waals surface area contributed by atoms with Crippen molar-refractivity contribution < 1.29 is 4.79 Å². The predicted molar refractivity (Wildman–Crippen MR) is 111 cm³/mol. The highest BCUT2D eigenvalue weighted by Gasteiger charge is 2.31. The van der Waals surface area contributed by atoms with Crippen LogP contribution in [0.5, 0.6) is 0 Å². The van der Waals surface area contributed by atoms with Crippen LogP contribution in [0, 0.1) is 12.8 Å². The van der Waals surface area contributed by atoms with Crippen molar-refractivity contribution in [1.29, 1.82) is 0 Å². The Hall–Kier alpha value is -1.98. The quantitative estimate of drug-likeness (QED) is 0.814. The molecule has 27 heavy (non-hydrogen) atoms. The molecule has 0 radical (unpaired) electrons. The van der Waals surface area contributed by atoms with Crippen LogP contribution in [-0.4, -0.2) is 53.4 Å². The van der Waals surface area contributed by atoms with E-state index in [4.69, 9.17) is 0 Å². The van der Waals surface area contributed by atoms with E-state index in [0.29, 0.717) is 5.91 Å². The van der Waals surface area contributed by atoms with Crippen LogP contribution in [0.2, 0.25) is 0 Å². The molecule has 1 atom stereocenters. The maximum atomic E-state index is 13.0. The fourth-order valence-corrected chi connectivity index (χ4v) is 5.09. The normalized spacial score (nSPS) is 20.8. The number of nitrogens with zero attached hydrogens (tertiary/aromatic N) is 3. The minimum Gasteiger partial charge on any atom is -0.340 e. The molecule has 0 spiro atoms. The molecular formula is C22H27N3OS. The number of carbonyl (C=O) groups excluding carboxylic acids is 1. The SMILES string of the molecule is Cc1nc2c(s1)CC(C(=O)N1CCN(C/C=C/c3ccccc3)CC1)CC2. The maximum absolute atomic E-state index is 13.0. The first-order valence-electron chi connectivity index (χ1n) is 9.87. The number of piperazine rings is 1. The van der Waals surface area contributed by atoms with E-state index in [1.807, 2.05) is 6.07 Å². The van der Waals surface area contributed by atoms with Crippen LogP contribution in [0.15, 0.2) is 36.4 Å². The van der Waals surface area contributed by atoms with Gasteiger partial charge in [-0.3, -0.25) is 9.69 Å². The lowest BCUT2D eigenvalue weighted by Gasteiger charge is -2.36. The van der Waals surface area contributed by atoms with Crippen LogP contribution in [0.4, 0.5) is 0 Å². The molecule has 1 unspecified atom stereocenters. The van der Waals surface area contributed by atoms with Crippen molar-refractivity contribution in [2.45, 2.75) is 26.2 Å². The van der Waals surface area contributed by atoms with Crippen molar-refractivity contribution in [2.75, 3.05) is 32.7 Å². The number of hydrogen-bond acceptors (Lipinski definition) is 4. The number of aryl methyl sites for hydroxylation is 2. The van der Waals surface area contributed by atoms with E-state index in [2.05, 4.69) is 58.1 Å². The van der Waals surface area contributed by atoms with Gasteiger partial charge in [-0.05, 0) is 31.7 Å². The number of hydrogen-bond donors (Lipinski definition) is 0. The van der Waals surface area contributed by atoms with Gasteiger partial charge in [0.15, 0.2) is 0 Å². The van der Waals surface area contributed by atoms with Crippen molar-refractivity contribution in [3.63, 3.8) is 0 Å². The minimum atomic E-state index is 0.155. The van der Waals surface area contributed by atoms with Gasteiger partial charge < -0.3 is 4.90 Å². The summed E-state index contributed by atoms with van der Waals surface area (Å²) in [6.07, 6.45) is 7.20. The summed E-state index contributed by atoms with van der Waals surface area (Å²) in [5.41, 5.74) is 2.47. The predicted octanol–water partition coefficient (Wildman–Crippen LogP) is 3.41. The largest absolute Gasteiger partial charge is 0.340 e. The Kier molecular flexibility index (Phi) is 5.69. The molecule has 0 N–H and O–H groups in total. The minimum absolute atomic E-state index is 0.155. The average molecular weight is 382 g/mol. The molecule has 4 nitrogen and oxygen atoms in total. The Morgan fingerprint density at radius 3 is 2.78 bits per heavy atom. The van der Waals surface area contributed by atoms with Gasteiger partial charge in [-0.2, -0.15) is 0 Å². The molecule has 1 aliphatic carbocycles. The molecule has 2 aromatic rings. The van der Waals surface area contributed by atoms with Gasteiger partial charge in [0.2, 0.25) is 5.91 Å². The van der Waals surface area contributed by atoms with Crippen LogP contribution in [-0.2, 0) is 17.6 Å². The van der Waals surface area contributed by atoms with Crippen LogP contribution < -0.4 is 0 Å². The van der Waals surface area contributed by atoms with Gasteiger partial charge in [0.1, 0.15) is 0 Å². The Morgan fingerprint density at radius 1 is 1.22 bits per heavy atom. The molecule has 4 rings (SSSR count). The van der Waals surface area contributed by atoms with Crippen LogP contribution in [0.25, 0.3) is 6.08 Å². The molecule has 5 heteroatoms. The van der Waals surface area contributed by atoms with Crippen molar-refractivity contribution in [1.82, 2.24) is 14.8 Å². The summed E-state index contributed by atoms with van der Waals surface area (Å²) in [4.78, 5) is 23.4. The maximum Gasteiger partial charge on any atom is 0.226 e. The molecule has 2 aliphatic rings. The molecule has 2 heterocycles. The first-order chi connectivity index (χ1) is 13.2. The highest BCUT2D eigenvalue weighted by molar-refractivity contribution is 7.11. The van der Waals surface area contributed by atoms with Crippen LogP contribution >= 0.6 is 11.3 Å². The number of carbonyl (C=O) groups is 1. The third-order valence-corrected chi connectivity index (χ3v) is 6.59. The Labute approximate surface area is 165 Å². The average Bonchev–Trinajstić information content (AvgIpc) is 3.08. The molecule has 1 aromatic heterocycles. The van der Waals surface area contributed by atoms with E-state index in [1.165, 1.54) is 16.1 Å². The van der Waals surface area contributed by atoms with Gasteiger partial charge in [0, 0.05) is 43.5 Å². The number of rotatable bonds is 4. The second-order valence-corrected chi connectivity index (χ2v) is 8.77. The molecule has 1 aromatic carbocycles. The molecule has 0 saturated carbocycles. The molecule has 142 valence electrons. The van der Waals surface area contributed by atoms with Crippen LogP contribution in [0.1, 0.15) is 27.6 Å². The summed E-state index contributed by atoms with van der Waals surface area (Å²) in [5.74, 6) is 0.507. The number of thiazole rings is 1. The zero-order valence-corrected chi connectivity index (χ0v) is 16.8. The number of aromatic nitrogens is 1. The van der Waals surface area contributed by atoms with Gasteiger partial charge in [-0.15, -0.1) is 11.3 Å². The highest BCUT2D eigenvalue weighted by Crippen LogP contribution is 2.30. The van der Waals surface area contributed by atoms with Gasteiger partial charge >= 0.3 is 0 Å². The van der Waals surface area contributed by atoms with E-state index in [1.54, 1.807) is 11.3 Å². The van der Waals surface area contributed by atoms with E-state index in [9.17, 15) is 4.79 Å². The summed E-state index contributed by atoms with van der Waals surface area (Å²) in [6.45, 7) is 6.63. The van der Waals surface area contributed by atoms with E-state index in [-0.39, 0.29) is 5.92 Å². The summed E-state index contributed by atoms with van der Waals surface area (Å²) in [5, 5.41) is 1.13. The van der Waals surface area contributed by atoms with E-state index >= 15 is 0 Å². The van der Waals surface area contributed by atoms with Crippen molar-refractivity contribution in [2.24, 2.45) is 5.92 Å². The first-order valence-corrected chi connectivity index (χ1v) is 10.7. The lowest BCUT2D eigenvalue weighted by Crippen LogP contribution is -2.50. The van der Waals surface area contributed by atoms with Gasteiger partial charge in [0.05, 0.1) is 10.7 Å². The fourth-order valence-electron chi connectivity index (χ4n) is 4.03. The van der Waals surface area contributed by atoms with Crippen molar-refractivity contribution in [3.05, 3.63) is 57.6 Å². The van der Waals surface area contributed by atoms with Crippen LogP contribution in [0.3, 0.4) is 0 Å². The third kappa shape index (κ3) is 4.47. The number of benzene rings is 1. The lowest BCUT2D eigenvalue weighted by atomic mass is 9.90. The standard InChI is InChI=1S/C22H27N3OS/c1-17-23-20-10-9-19(16-21(20)27-17)22(26)25-14-12-24(13-15-25)11-5-8-18-6-3-2-4-7-18/h2-8,19H,9-16H2,1H3/b8-5+. The van der Waals surface area contributed by atoms with Gasteiger partial charge in [-0.25, -0.2) is 4.98 Å². The molecule has 1 saturated heterocycles. The second kappa shape index (κ2) is 8.36. The molecule has 1 amide bonds. The topological polar surface area (TPSA) is 36.4 Å². The molecule has 1 fully saturated rings. The summed E-state index contributed by atoms with van der Waals surface area (Å²) < 4.78 is 0. The Bertz CT molecular complexity index is 806. The zero-order valence-electron chi connectivity index (χ0n) is 15.9. The van der Waals surface area contributed by atoms with Crippen molar-refractivity contribution >= 4 is 23.3 Å². The summed E-state index contributed by atoms with van der Waals surface area (Å²) in [7, 11) is 0. The summed E-state index contributed by atoms with van der Waals surface area (Å²) >= 11 is 1.77.